The van der Waals surface area contributed by atoms with Gasteiger partial charge in [0.05, 0.1) is 5.52 Å². The molecule has 0 amide bonds. The molecule has 0 saturated heterocycles. The largest absolute Gasteiger partial charge is 0.436 e. The molecule has 3 aromatic heterocycles. The van der Waals surface area contributed by atoms with Crippen LogP contribution in [0.4, 0.5) is 11.6 Å². The van der Waals surface area contributed by atoms with Crippen molar-refractivity contribution in [2.45, 2.75) is 20.8 Å². The van der Waals surface area contributed by atoms with Gasteiger partial charge < -0.3 is 14.6 Å². The van der Waals surface area contributed by atoms with Crippen molar-refractivity contribution >= 4 is 34.0 Å². The summed E-state index contributed by atoms with van der Waals surface area (Å²) in [5, 5.41) is 5.40. The van der Waals surface area contributed by atoms with E-state index in [2.05, 4.69) is 72.9 Å². The van der Waals surface area contributed by atoms with E-state index in [-0.39, 0.29) is 0 Å². The minimum absolute atomic E-state index is 0.507. The van der Waals surface area contributed by atoms with Gasteiger partial charge in [-0.25, -0.2) is 4.98 Å². The highest BCUT2D eigenvalue weighted by Gasteiger charge is 2.16. The quantitative estimate of drug-likeness (QED) is 0.315. The molecule has 0 atom stereocenters. The van der Waals surface area contributed by atoms with E-state index >= 15 is 0 Å². The van der Waals surface area contributed by atoms with E-state index in [0.29, 0.717) is 11.8 Å². The number of aryl methyl sites for hydroxylation is 4. The zero-order valence-electron chi connectivity index (χ0n) is 18.5. The Hall–Kier alpha value is -3.64. The number of thiophene rings is 1. The van der Waals surface area contributed by atoms with Gasteiger partial charge in [0.25, 0.3) is 0 Å². The van der Waals surface area contributed by atoms with Crippen LogP contribution >= 0.6 is 11.3 Å². The molecule has 0 aliphatic heterocycles. The van der Waals surface area contributed by atoms with Crippen molar-refractivity contribution in [1.29, 1.82) is 0 Å². The van der Waals surface area contributed by atoms with Crippen LogP contribution in [-0.2, 0) is 7.05 Å². The first-order valence-corrected chi connectivity index (χ1v) is 11.4. The molecule has 0 saturated carbocycles. The summed E-state index contributed by atoms with van der Waals surface area (Å²) >= 11 is 1.74. The minimum Gasteiger partial charge on any atom is -0.436 e. The summed E-state index contributed by atoms with van der Waals surface area (Å²) in [6, 6.07) is 18.7. The Bertz CT molecular complexity index is 1380. The topological polar surface area (TPSA) is 52.0 Å². The molecule has 0 radical (unpaired) electrons. The maximum atomic E-state index is 6.45. The molecule has 1 N–H and O–H groups in total. The van der Waals surface area contributed by atoms with Crippen molar-refractivity contribution in [2.24, 2.45) is 7.05 Å². The van der Waals surface area contributed by atoms with Crippen LogP contribution in [0, 0.1) is 20.8 Å². The van der Waals surface area contributed by atoms with Gasteiger partial charge in [0.15, 0.2) is 0 Å². The van der Waals surface area contributed by atoms with Crippen molar-refractivity contribution in [3.8, 4) is 22.1 Å². The van der Waals surface area contributed by atoms with Crippen LogP contribution in [0.25, 0.3) is 21.5 Å². The van der Waals surface area contributed by atoms with Crippen LogP contribution in [0.3, 0.4) is 0 Å². The van der Waals surface area contributed by atoms with Crippen LogP contribution in [0.5, 0.6) is 11.6 Å². The highest BCUT2D eigenvalue weighted by Crippen LogP contribution is 2.36. The Morgan fingerprint density at radius 1 is 0.938 bits per heavy atom. The maximum absolute atomic E-state index is 6.45. The molecule has 5 nitrogen and oxygen atoms in total. The smallest absolute Gasteiger partial charge is 0.249 e. The van der Waals surface area contributed by atoms with Crippen LogP contribution in [0.1, 0.15) is 16.7 Å². The third-order valence-corrected chi connectivity index (χ3v) is 6.38. The zero-order valence-corrected chi connectivity index (χ0v) is 19.3. The van der Waals surface area contributed by atoms with Gasteiger partial charge in [0, 0.05) is 23.8 Å². The number of anilines is 2. The number of fused-ring (bicyclic) bond motifs is 1. The SMILES string of the molecule is Cc1ccc(Nc2nc(Oc3c(C)cc(-c4cccs4)cc3C)c3c(ccn3C)n2)cc1. The predicted molar refractivity (Wildman–Crippen MR) is 132 cm³/mol. The Morgan fingerprint density at radius 2 is 1.69 bits per heavy atom. The van der Waals surface area contributed by atoms with E-state index in [9.17, 15) is 0 Å². The number of hydrogen-bond acceptors (Lipinski definition) is 5. The number of hydrogen-bond donors (Lipinski definition) is 1. The molecule has 160 valence electrons. The van der Waals surface area contributed by atoms with Crippen LogP contribution in [0.15, 0.2) is 66.2 Å². The van der Waals surface area contributed by atoms with Gasteiger partial charge in [-0.1, -0.05) is 23.8 Å². The Labute approximate surface area is 191 Å². The number of aromatic nitrogens is 3. The van der Waals surface area contributed by atoms with Crippen molar-refractivity contribution in [2.75, 3.05) is 5.32 Å². The lowest BCUT2D eigenvalue weighted by molar-refractivity contribution is 0.459. The molecular formula is C26H24N4OS. The Morgan fingerprint density at radius 3 is 2.38 bits per heavy atom. The summed E-state index contributed by atoms with van der Waals surface area (Å²) in [7, 11) is 1.98. The number of nitrogens with one attached hydrogen (secondary N) is 1. The second kappa shape index (κ2) is 8.13. The minimum atomic E-state index is 0.507. The van der Waals surface area contributed by atoms with Crippen molar-refractivity contribution in [3.63, 3.8) is 0 Å². The van der Waals surface area contributed by atoms with Crippen molar-refractivity contribution < 1.29 is 4.74 Å². The van der Waals surface area contributed by atoms with E-state index in [1.165, 1.54) is 16.0 Å². The third-order valence-electron chi connectivity index (χ3n) is 5.46. The van der Waals surface area contributed by atoms with E-state index in [1.54, 1.807) is 11.3 Å². The molecule has 0 aliphatic carbocycles. The monoisotopic (exact) mass is 440 g/mol. The summed E-state index contributed by atoms with van der Waals surface area (Å²) in [6.07, 6.45) is 1.97. The molecule has 5 aromatic rings. The molecule has 6 heteroatoms. The van der Waals surface area contributed by atoms with E-state index in [4.69, 9.17) is 9.72 Å². The van der Waals surface area contributed by atoms with Gasteiger partial charge in [-0.3, -0.25) is 0 Å². The zero-order chi connectivity index (χ0) is 22.2. The van der Waals surface area contributed by atoms with Gasteiger partial charge in [-0.2, -0.15) is 4.98 Å². The lowest BCUT2D eigenvalue weighted by atomic mass is 10.0. The first-order chi connectivity index (χ1) is 15.5. The van der Waals surface area contributed by atoms with Crippen LogP contribution < -0.4 is 10.1 Å². The second-order valence-corrected chi connectivity index (χ2v) is 8.97. The molecule has 3 heterocycles. The highest BCUT2D eigenvalue weighted by atomic mass is 32.1. The maximum Gasteiger partial charge on any atom is 0.249 e. The lowest BCUT2D eigenvalue weighted by Gasteiger charge is -2.15. The average molecular weight is 441 g/mol. The summed E-state index contributed by atoms with van der Waals surface area (Å²) in [5.74, 6) is 1.87. The number of benzene rings is 2. The fraction of sp³-hybridized carbons (Fsp3) is 0.154. The standard InChI is InChI=1S/C26H24N4OS/c1-16-7-9-20(10-8-16)27-26-28-21-11-12-30(4)23(21)25(29-26)31-24-17(2)14-19(15-18(24)3)22-6-5-13-32-22/h5-15H,1-4H3,(H,27,28,29). The first kappa shape index (κ1) is 20.3. The summed E-state index contributed by atoms with van der Waals surface area (Å²) in [5.41, 5.74) is 7.18. The van der Waals surface area contributed by atoms with Gasteiger partial charge in [-0.15, -0.1) is 11.3 Å². The van der Waals surface area contributed by atoms with Gasteiger partial charge in [0.1, 0.15) is 11.3 Å². The molecule has 0 fully saturated rings. The molecule has 0 spiro atoms. The summed E-state index contributed by atoms with van der Waals surface area (Å²) in [4.78, 5) is 10.7. The molecule has 0 bridgehead atoms. The molecule has 0 unspecified atom stereocenters. The van der Waals surface area contributed by atoms with E-state index in [1.807, 2.05) is 36.0 Å². The van der Waals surface area contributed by atoms with Gasteiger partial charge in [-0.05, 0) is 79.2 Å². The molecule has 5 rings (SSSR count). The van der Waals surface area contributed by atoms with E-state index in [0.717, 1.165) is 33.6 Å². The first-order valence-electron chi connectivity index (χ1n) is 10.5. The fourth-order valence-electron chi connectivity index (χ4n) is 3.84. The molecule has 32 heavy (non-hydrogen) atoms. The highest BCUT2D eigenvalue weighted by molar-refractivity contribution is 7.13. The lowest BCUT2D eigenvalue weighted by Crippen LogP contribution is -2.02. The van der Waals surface area contributed by atoms with Crippen LogP contribution in [0.2, 0.25) is 0 Å². The van der Waals surface area contributed by atoms with Crippen LogP contribution in [-0.4, -0.2) is 14.5 Å². The normalized spacial score (nSPS) is 11.1. The predicted octanol–water partition coefficient (Wildman–Crippen LogP) is 7.16. The second-order valence-electron chi connectivity index (χ2n) is 8.02. The number of ether oxygens (including phenoxy) is 1. The van der Waals surface area contributed by atoms with Gasteiger partial charge in [0.2, 0.25) is 11.8 Å². The Balaban J connectivity index is 1.55. The molecule has 0 aliphatic rings. The Kier molecular flexibility index (Phi) is 5.15. The fourth-order valence-corrected chi connectivity index (χ4v) is 4.56. The summed E-state index contributed by atoms with van der Waals surface area (Å²) in [6.45, 7) is 6.22. The molecule has 2 aromatic carbocycles. The average Bonchev–Trinajstić information content (AvgIpc) is 3.43. The van der Waals surface area contributed by atoms with Gasteiger partial charge >= 0.3 is 0 Å². The van der Waals surface area contributed by atoms with E-state index < -0.39 is 0 Å². The summed E-state index contributed by atoms with van der Waals surface area (Å²) < 4.78 is 8.44. The number of nitrogens with zero attached hydrogens (tertiary/aromatic N) is 3. The van der Waals surface area contributed by atoms with Crippen molar-refractivity contribution in [1.82, 2.24) is 14.5 Å². The van der Waals surface area contributed by atoms with Crippen molar-refractivity contribution in [3.05, 3.63) is 82.9 Å². The third kappa shape index (κ3) is 3.85. The number of rotatable bonds is 5. The molecular weight excluding hydrogens is 416 g/mol.